The second kappa shape index (κ2) is 13.5. The molecule has 7 aromatic carbocycles. The minimum absolute atomic E-state index is 0.165. The third-order valence-corrected chi connectivity index (χ3v) is 12.4. The molecule has 272 valence electrons. The van der Waals surface area contributed by atoms with E-state index in [1.54, 1.807) is 5.57 Å². The Hall–Kier alpha value is -6.77. The molecule has 3 aliphatic rings. The van der Waals surface area contributed by atoms with E-state index < -0.39 is 0 Å². The van der Waals surface area contributed by atoms with Gasteiger partial charge in [-0.3, -0.25) is 4.57 Å². The molecule has 1 heterocycles. The average Bonchev–Trinajstić information content (AvgIpc) is 3.44. The van der Waals surface area contributed by atoms with Crippen molar-refractivity contribution in [3.05, 3.63) is 205 Å². The van der Waals surface area contributed by atoms with E-state index in [0.29, 0.717) is 0 Å². The fraction of sp³-hybridized carbons (Fsp3) is 0.109. The lowest BCUT2D eigenvalue weighted by Gasteiger charge is -2.36. The molecule has 0 aliphatic heterocycles. The maximum Gasteiger partial charge on any atom is 0.145 e. The Morgan fingerprint density at radius 3 is 2.26 bits per heavy atom. The van der Waals surface area contributed by atoms with Gasteiger partial charge < -0.3 is 0 Å². The van der Waals surface area contributed by atoms with E-state index in [1.165, 1.54) is 65.7 Å². The molecule has 57 heavy (non-hydrogen) atoms. The van der Waals surface area contributed by atoms with E-state index in [-0.39, 0.29) is 5.41 Å². The summed E-state index contributed by atoms with van der Waals surface area (Å²) >= 11 is 0. The van der Waals surface area contributed by atoms with Crippen molar-refractivity contribution in [1.29, 1.82) is 0 Å². The predicted octanol–water partition coefficient (Wildman–Crippen LogP) is 14.7. The van der Waals surface area contributed by atoms with Crippen molar-refractivity contribution >= 4 is 49.0 Å². The van der Waals surface area contributed by atoms with Crippen LogP contribution in [0.25, 0.3) is 82.7 Å². The number of aromatic nitrogens is 2. The van der Waals surface area contributed by atoms with Crippen molar-refractivity contribution < 1.29 is 0 Å². The normalized spacial score (nSPS) is 17.8. The van der Waals surface area contributed by atoms with Gasteiger partial charge in [-0.1, -0.05) is 170 Å². The van der Waals surface area contributed by atoms with E-state index in [9.17, 15) is 0 Å². The zero-order valence-corrected chi connectivity index (χ0v) is 32.1. The van der Waals surface area contributed by atoms with Gasteiger partial charge in [0.2, 0.25) is 0 Å². The number of fused-ring (bicyclic) bond motifs is 4. The first-order valence-electron chi connectivity index (χ1n) is 20.3. The van der Waals surface area contributed by atoms with Crippen molar-refractivity contribution in [2.75, 3.05) is 0 Å². The third-order valence-electron chi connectivity index (χ3n) is 12.4. The van der Waals surface area contributed by atoms with Crippen molar-refractivity contribution in [2.45, 2.75) is 38.0 Å². The van der Waals surface area contributed by atoms with Gasteiger partial charge in [0.15, 0.2) is 0 Å². The van der Waals surface area contributed by atoms with Crippen LogP contribution in [0, 0.1) is 0 Å². The van der Waals surface area contributed by atoms with Gasteiger partial charge in [-0.15, -0.1) is 0 Å². The van der Waals surface area contributed by atoms with Gasteiger partial charge in [0.1, 0.15) is 5.82 Å². The number of hydrogen-bond acceptors (Lipinski definition) is 1. The van der Waals surface area contributed by atoms with Crippen LogP contribution >= 0.6 is 0 Å². The van der Waals surface area contributed by atoms with Crippen molar-refractivity contribution in [3.8, 4) is 33.6 Å². The van der Waals surface area contributed by atoms with Gasteiger partial charge >= 0.3 is 0 Å². The summed E-state index contributed by atoms with van der Waals surface area (Å²) in [7, 11) is 0. The van der Waals surface area contributed by atoms with Crippen LogP contribution in [0.2, 0.25) is 0 Å². The Bertz CT molecular complexity index is 3120. The fourth-order valence-corrected chi connectivity index (χ4v) is 9.70. The van der Waals surface area contributed by atoms with Gasteiger partial charge in [-0.2, -0.15) is 0 Å². The summed E-state index contributed by atoms with van der Waals surface area (Å²) in [4.78, 5) is 5.17. The van der Waals surface area contributed by atoms with Crippen LogP contribution in [0.5, 0.6) is 0 Å². The second-order valence-electron chi connectivity index (χ2n) is 16.0. The molecule has 1 aromatic heterocycles. The summed E-state index contributed by atoms with van der Waals surface area (Å²) < 4.78 is 2.30. The lowest BCUT2D eigenvalue weighted by Crippen LogP contribution is -2.24. The molecule has 0 saturated heterocycles. The zero-order chi connectivity index (χ0) is 37.9. The standard InChI is InChI=1S/C55H42N2/c1-55(33-32-38-15-7-9-17-44(38)36-55)53-48-21-11-10-20-46(48)52(43-29-26-37-14-6-8-16-41(37)34-43)47-31-30-42(35-49(47)53)39-24-27-40(28-25-39)54-56-50-22-12-13-23-51(50)57(54)45-18-4-2-3-5-19-45/h2-4,6-8,10-16,18-35H,5,9,17,36H2,1H3. The zero-order valence-electron chi connectivity index (χ0n) is 32.1. The maximum absolute atomic E-state index is 5.17. The monoisotopic (exact) mass is 730 g/mol. The molecule has 0 saturated carbocycles. The molecule has 8 aromatic rings. The summed E-state index contributed by atoms with van der Waals surface area (Å²) in [5, 5.41) is 7.78. The van der Waals surface area contributed by atoms with E-state index in [1.807, 2.05) is 0 Å². The number of nitrogens with zero attached hydrogens (tertiary/aromatic N) is 2. The van der Waals surface area contributed by atoms with E-state index >= 15 is 0 Å². The highest BCUT2D eigenvalue weighted by Crippen LogP contribution is 2.50. The van der Waals surface area contributed by atoms with Crippen LogP contribution in [0.3, 0.4) is 0 Å². The highest BCUT2D eigenvalue weighted by atomic mass is 15.1. The van der Waals surface area contributed by atoms with Crippen LogP contribution < -0.4 is 0 Å². The quantitative estimate of drug-likeness (QED) is 0.161. The minimum Gasteiger partial charge on any atom is -0.293 e. The highest BCUT2D eigenvalue weighted by molar-refractivity contribution is 6.17. The number of benzene rings is 7. The molecule has 0 bridgehead atoms. The largest absolute Gasteiger partial charge is 0.293 e. The fourth-order valence-electron chi connectivity index (χ4n) is 9.70. The molecular formula is C55H42N2. The third kappa shape index (κ3) is 5.67. The van der Waals surface area contributed by atoms with Gasteiger partial charge in [0, 0.05) is 16.7 Å². The smallest absolute Gasteiger partial charge is 0.145 e. The van der Waals surface area contributed by atoms with Crippen molar-refractivity contribution in [1.82, 2.24) is 9.55 Å². The summed E-state index contributed by atoms with van der Waals surface area (Å²) in [5.74, 6) is 0.955. The van der Waals surface area contributed by atoms with Gasteiger partial charge in [0.05, 0.1) is 11.0 Å². The second-order valence-corrected chi connectivity index (χ2v) is 16.0. The maximum atomic E-state index is 5.17. The van der Waals surface area contributed by atoms with Crippen LogP contribution in [0.1, 0.15) is 38.2 Å². The molecule has 0 radical (unpaired) electrons. The predicted molar refractivity (Wildman–Crippen MR) is 242 cm³/mol. The average molecular weight is 731 g/mol. The van der Waals surface area contributed by atoms with Crippen LogP contribution in [0.15, 0.2) is 199 Å². The summed E-state index contributed by atoms with van der Waals surface area (Å²) in [6.07, 6.45) is 24.6. The van der Waals surface area contributed by atoms with Crippen molar-refractivity contribution in [3.63, 3.8) is 0 Å². The van der Waals surface area contributed by atoms with E-state index in [4.69, 9.17) is 4.98 Å². The lowest BCUT2D eigenvalue weighted by atomic mass is 9.68. The Morgan fingerprint density at radius 1 is 0.596 bits per heavy atom. The number of hydrogen-bond donors (Lipinski definition) is 0. The van der Waals surface area contributed by atoms with Crippen LogP contribution in [-0.4, -0.2) is 9.55 Å². The van der Waals surface area contributed by atoms with Gasteiger partial charge in [-0.25, -0.2) is 4.98 Å². The molecule has 0 amide bonds. The van der Waals surface area contributed by atoms with Crippen LogP contribution in [-0.2, 0) is 5.41 Å². The summed E-state index contributed by atoms with van der Waals surface area (Å²) in [5.41, 5.74) is 13.5. The SMILES string of the molecule is CC1(c2c3ccccc3c(-c3ccc4ccccc4c3)c3ccc(-c4ccc(-c5nc6ccccc6n5C5=CCC=CC=C5)cc4)cc23)C=CC2=C(CCC=C2)C1. The molecule has 0 N–H and O–H groups in total. The van der Waals surface area contributed by atoms with Crippen molar-refractivity contribution in [2.24, 2.45) is 0 Å². The molecule has 1 atom stereocenters. The molecule has 2 heteroatoms. The number of imidazole rings is 1. The number of para-hydroxylation sites is 2. The highest BCUT2D eigenvalue weighted by Gasteiger charge is 2.33. The Kier molecular flexibility index (Phi) is 7.93. The van der Waals surface area contributed by atoms with Gasteiger partial charge in [-0.05, 0) is 122 Å². The van der Waals surface area contributed by atoms with E-state index in [0.717, 1.165) is 53.8 Å². The number of allylic oxidation sites excluding steroid dienone is 12. The molecule has 2 nitrogen and oxygen atoms in total. The summed E-state index contributed by atoms with van der Waals surface area (Å²) in [6, 6.07) is 49.5. The van der Waals surface area contributed by atoms with E-state index in [2.05, 4.69) is 200 Å². The first kappa shape index (κ1) is 33.6. The first-order valence-corrected chi connectivity index (χ1v) is 20.3. The topological polar surface area (TPSA) is 17.8 Å². The number of rotatable bonds is 5. The molecule has 3 aliphatic carbocycles. The van der Waals surface area contributed by atoms with Crippen LogP contribution in [0.4, 0.5) is 0 Å². The molecule has 1 unspecified atom stereocenters. The molecular weight excluding hydrogens is 689 g/mol. The molecule has 0 spiro atoms. The summed E-state index contributed by atoms with van der Waals surface area (Å²) in [6.45, 7) is 2.46. The Balaban J connectivity index is 1.10. The Morgan fingerprint density at radius 2 is 1.35 bits per heavy atom. The first-order chi connectivity index (χ1) is 28.1. The minimum atomic E-state index is -0.165. The molecule has 11 rings (SSSR count). The Labute approximate surface area is 333 Å². The van der Waals surface area contributed by atoms with Gasteiger partial charge in [0.25, 0.3) is 0 Å². The lowest BCUT2D eigenvalue weighted by molar-refractivity contribution is 0.571. The molecule has 0 fully saturated rings.